The minimum Gasteiger partial charge on any atom is -0.382 e. The van der Waals surface area contributed by atoms with Gasteiger partial charge >= 0.3 is 0 Å². The third-order valence-electron chi connectivity index (χ3n) is 1.97. The summed E-state index contributed by atoms with van der Waals surface area (Å²) < 4.78 is 0. The van der Waals surface area contributed by atoms with Crippen LogP contribution in [0.1, 0.15) is 5.56 Å². The van der Waals surface area contributed by atoms with Crippen LogP contribution in [0.25, 0.3) is 11.3 Å². The van der Waals surface area contributed by atoms with Gasteiger partial charge < -0.3 is 5.73 Å². The fourth-order valence-electron chi connectivity index (χ4n) is 1.20. The summed E-state index contributed by atoms with van der Waals surface area (Å²) >= 11 is 0. The zero-order valence-electron chi connectivity index (χ0n) is 7.81. The first-order valence-electron chi connectivity index (χ1n) is 4.27. The van der Waals surface area contributed by atoms with Crippen LogP contribution < -0.4 is 5.73 Å². The molecule has 1 aromatic heterocycles. The Bertz CT molecular complexity index is 436. The van der Waals surface area contributed by atoms with Crippen molar-refractivity contribution in [3.63, 3.8) is 0 Å². The number of hydrogen-bond acceptors (Lipinski definition) is 4. The lowest BCUT2D eigenvalue weighted by Crippen LogP contribution is -1.98. The number of benzene rings is 1. The lowest BCUT2D eigenvalue weighted by atomic mass is 10.1. The molecular formula is C10H10N4. The number of nitrogen functional groups attached to an aromatic ring is 1. The van der Waals surface area contributed by atoms with E-state index >= 15 is 0 Å². The highest BCUT2D eigenvalue weighted by Gasteiger charge is 2.04. The fourth-order valence-corrected chi connectivity index (χ4v) is 1.20. The maximum absolute atomic E-state index is 5.68. The van der Waals surface area contributed by atoms with Crippen molar-refractivity contribution in [2.45, 2.75) is 6.92 Å². The lowest BCUT2D eigenvalue weighted by Gasteiger charge is -2.01. The van der Waals surface area contributed by atoms with Crippen LogP contribution in [-0.4, -0.2) is 15.2 Å². The molecule has 0 saturated carbocycles. The summed E-state index contributed by atoms with van der Waals surface area (Å²) in [6.07, 6.45) is 1.34. The van der Waals surface area contributed by atoms with E-state index < -0.39 is 0 Å². The molecule has 0 aliphatic heterocycles. The van der Waals surface area contributed by atoms with Crippen LogP contribution in [-0.2, 0) is 0 Å². The predicted octanol–water partition coefficient (Wildman–Crippen LogP) is 1.43. The Hall–Kier alpha value is -1.97. The molecule has 0 radical (unpaired) electrons. The molecule has 2 rings (SSSR count). The van der Waals surface area contributed by atoms with Crippen molar-refractivity contribution in [1.29, 1.82) is 0 Å². The van der Waals surface area contributed by atoms with Crippen molar-refractivity contribution in [3.05, 3.63) is 36.2 Å². The highest BCUT2D eigenvalue weighted by molar-refractivity contribution is 5.68. The molecule has 2 aromatic rings. The van der Waals surface area contributed by atoms with Gasteiger partial charge in [0, 0.05) is 5.56 Å². The zero-order chi connectivity index (χ0) is 9.97. The first-order valence-corrected chi connectivity index (χ1v) is 4.27. The SMILES string of the molecule is Cc1ccc(-c2nncnc2N)cc1. The standard InChI is InChI=1S/C10H10N4/c1-7-2-4-8(5-3-7)9-10(11)12-6-13-14-9/h2-6H,1H3,(H2,11,12,13). The van der Waals surface area contributed by atoms with Gasteiger partial charge in [0.25, 0.3) is 0 Å². The van der Waals surface area contributed by atoms with Gasteiger partial charge in [0.15, 0.2) is 5.82 Å². The number of nitrogens with two attached hydrogens (primary N) is 1. The second-order valence-corrected chi connectivity index (χ2v) is 3.06. The Kier molecular flexibility index (Phi) is 2.10. The molecule has 4 heteroatoms. The summed E-state index contributed by atoms with van der Waals surface area (Å²) in [6, 6.07) is 7.92. The molecule has 0 bridgehead atoms. The van der Waals surface area contributed by atoms with E-state index in [1.165, 1.54) is 11.9 Å². The Balaban J connectivity index is 2.50. The summed E-state index contributed by atoms with van der Waals surface area (Å²) in [5.41, 5.74) is 8.45. The second-order valence-electron chi connectivity index (χ2n) is 3.06. The van der Waals surface area contributed by atoms with E-state index in [1.54, 1.807) is 0 Å². The van der Waals surface area contributed by atoms with Crippen LogP contribution in [0.4, 0.5) is 5.82 Å². The van der Waals surface area contributed by atoms with Gasteiger partial charge in [-0.25, -0.2) is 4.98 Å². The quantitative estimate of drug-likeness (QED) is 0.731. The van der Waals surface area contributed by atoms with Gasteiger partial charge in [-0.1, -0.05) is 29.8 Å². The maximum Gasteiger partial charge on any atom is 0.153 e. The van der Waals surface area contributed by atoms with Crippen molar-refractivity contribution in [1.82, 2.24) is 15.2 Å². The Morgan fingerprint density at radius 3 is 2.50 bits per heavy atom. The van der Waals surface area contributed by atoms with Gasteiger partial charge in [0.1, 0.15) is 12.0 Å². The minimum absolute atomic E-state index is 0.406. The van der Waals surface area contributed by atoms with Crippen molar-refractivity contribution in [2.24, 2.45) is 0 Å². The first kappa shape index (κ1) is 8.62. The van der Waals surface area contributed by atoms with E-state index in [0.29, 0.717) is 11.5 Å². The van der Waals surface area contributed by atoms with Gasteiger partial charge in [0.2, 0.25) is 0 Å². The molecule has 1 aromatic carbocycles. The average molecular weight is 186 g/mol. The molecule has 70 valence electrons. The molecule has 1 heterocycles. The molecule has 0 saturated heterocycles. The summed E-state index contributed by atoms with van der Waals surface area (Å²) in [7, 11) is 0. The molecule has 0 fully saturated rings. The largest absolute Gasteiger partial charge is 0.382 e. The summed E-state index contributed by atoms with van der Waals surface area (Å²) in [5, 5.41) is 7.64. The number of aryl methyl sites for hydroxylation is 1. The molecule has 0 spiro atoms. The van der Waals surface area contributed by atoms with Crippen molar-refractivity contribution < 1.29 is 0 Å². The van der Waals surface area contributed by atoms with Crippen LogP contribution in [0.5, 0.6) is 0 Å². The zero-order valence-corrected chi connectivity index (χ0v) is 7.81. The van der Waals surface area contributed by atoms with Crippen molar-refractivity contribution in [3.8, 4) is 11.3 Å². The highest BCUT2D eigenvalue weighted by atomic mass is 15.1. The second kappa shape index (κ2) is 3.41. The van der Waals surface area contributed by atoms with Gasteiger partial charge in [-0.3, -0.25) is 0 Å². The minimum atomic E-state index is 0.406. The van der Waals surface area contributed by atoms with Crippen LogP contribution in [0.3, 0.4) is 0 Å². The summed E-state index contributed by atoms with van der Waals surface area (Å²) in [6.45, 7) is 2.03. The number of aromatic nitrogens is 3. The monoisotopic (exact) mass is 186 g/mol. The van der Waals surface area contributed by atoms with Gasteiger partial charge in [-0.2, -0.15) is 0 Å². The van der Waals surface area contributed by atoms with Gasteiger partial charge in [0.05, 0.1) is 0 Å². The molecule has 4 nitrogen and oxygen atoms in total. The molecule has 0 aliphatic carbocycles. The fraction of sp³-hybridized carbons (Fsp3) is 0.100. The normalized spacial score (nSPS) is 10.1. The summed E-state index contributed by atoms with van der Waals surface area (Å²) in [4.78, 5) is 3.88. The third-order valence-corrected chi connectivity index (χ3v) is 1.97. The lowest BCUT2D eigenvalue weighted by molar-refractivity contribution is 0.983. The molecule has 14 heavy (non-hydrogen) atoms. The van der Waals surface area contributed by atoms with E-state index in [9.17, 15) is 0 Å². The van der Waals surface area contributed by atoms with Crippen LogP contribution >= 0.6 is 0 Å². The third kappa shape index (κ3) is 1.54. The smallest absolute Gasteiger partial charge is 0.153 e. The summed E-state index contributed by atoms with van der Waals surface area (Å²) in [5.74, 6) is 0.406. The van der Waals surface area contributed by atoms with Gasteiger partial charge in [-0.15, -0.1) is 10.2 Å². The van der Waals surface area contributed by atoms with Crippen molar-refractivity contribution >= 4 is 5.82 Å². The molecular weight excluding hydrogens is 176 g/mol. The number of hydrogen-bond donors (Lipinski definition) is 1. The number of nitrogens with zero attached hydrogens (tertiary/aromatic N) is 3. The highest BCUT2D eigenvalue weighted by Crippen LogP contribution is 2.20. The topological polar surface area (TPSA) is 64.7 Å². The molecule has 2 N–H and O–H groups in total. The van der Waals surface area contributed by atoms with E-state index in [-0.39, 0.29) is 0 Å². The Morgan fingerprint density at radius 2 is 1.86 bits per heavy atom. The van der Waals surface area contributed by atoms with E-state index in [1.807, 2.05) is 31.2 Å². The first-order chi connectivity index (χ1) is 6.77. The average Bonchev–Trinajstić information content (AvgIpc) is 2.20. The van der Waals surface area contributed by atoms with Crippen LogP contribution in [0, 0.1) is 6.92 Å². The predicted molar refractivity (Wildman–Crippen MR) is 54.4 cm³/mol. The van der Waals surface area contributed by atoms with Crippen molar-refractivity contribution in [2.75, 3.05) is 5.73 Å². The van der Waals surface area contributed by atoms with E-state index in [0.717, 1.165) is 5.56 Å². The number of rotatable bonds is 1. The maximum atomic E-state index is 5.68. The van der Waals surface area contributed by atoms with E-state index in [4.69, 9.17) is 5.73 Å². The molecule has 0 aliphatic rings. The number of anilines is 1. The molecule has 0 unspecified atom stereocenters. The Morgan fingerprint density at radius 1 is 1.14 bits per heavy atom. The van der Waals surface area contributed by atoms with Gasteiger partial charge in [-0.05, 0) is 6.92 Å². The van der Waals surface area contributed by atoms with Crippen LogP contribution in [0.2, 0.25) is 0 Å². The Labute approximate surface area is 81.8 Å². The van der Waals surface area contributed by atoms with Crippen LogP contribution in [0.15, 0.2) is 30.6 Å². The molecule has 0 amide bonds. The molecule has 0 atom stereocenters. The van der Waals surface area contributed by atoms with E-state index in [2.05, 4.69) is 15.2 Å².